The van der Waals surface area contributed by atoms with E-state index in [2.05, 4.69) is 41.7 Å². The van der Waals surface area contributed by atoms with Crippen LogP contribution in [0.25, 0.3) is 0 Å². The van der Waals surface area contributed by atoms with Crippen molar-refractivity contribution in [2.45, 2.75) is 56.5 Å². The molecule has 1 aromatic heterocycles. The first-order valence-corrected chi connectivity index (χ1v) is 12.1. The zero-order chi connectivity index (χ0) is 20.8. The number of carbonyl (C=O) groups is 1. The van der Waals surface area contributed by atoms with Gasteiger partial charge in [-0.2, -0.15) is 0 Å². The first kappa shape index (κ1) is 20.5. The lowest BCUT2D eigenvalue weighted by molar-refractivity contribution is 0.0595. The highest BCUT2D eigenvalue weighted by atomic mass is 32.2. The molecule has 8 heteroatoms. The zero-order valence-electron chi connectivity index (χ0n) is 16.9. The number of esters is 1. The Hall–Kier alpha value is -1.74. The summed E-state index contributed by atoms with van der Waals surface area (Å²) in [6, 6.07) is 6.45. The van der Waals surface area contributed by atoms with Crippen molar-refractivity contribution < 1.29 is 17.9 Å². The third-order valence-electron chi connectivity index (χ3n) is 5.53. The number of hydrogen-bond donors (Lipinski definition) is 1. The van der Waals surface area contributed by atoms with Crippen LogP contribution in [0.1, 0.15) is 50.3 Å². The van der Waals surface area contributed by atoms with E-state index in [-0.39, 0.29) is 15.8 Å². The summed E-state index contributed by atoms with van der Waals surface area (Å²) in [5.74, 6) is -0.568. The van der Waals surface area contributed by atoms with Gasteiger partial charge in [-0.25, -0.2) is 17.9 Å². The molecule has 29 heavy (non-hydrogen) atoms. The second-order valence-corrected chi connectivity index (χ2v) is 11.0. The van der Waals surface area contributed by atoms with E-state index in [9.17, 15) is 13.2 Å². The minimum Gasteiger partial charge on any atom is -0.465 e. The van der Waals surface area contributed by atoms with Gasteiger partial charge in [0.15, 0.2) is 0 Å². The summed E-state index contributed by atoms with van der Waals surface area (Å²) in [5.41, 5.74) is 4.83. The van der Waals surface area contributed by atoms with E-state index in [1.807, 2.05) is 0 Å². The van der Waals surface area contributed by atoms with Gasteiger partial charge >= 0.3 is 5.97 Å². The van der Waals surface area contributed by atoms with E-state index in [1.165, 1.54) is 35.1 Å². The molecule has 0 unspecified atom stereocenters. The van der Waals surface area contributed by atoms with Crippen LogP contribution in [-0.4, -0.2) is 39.0 Å². The van der Waals surface area contributed by atoms with Crippen molar-refractivity contribution in [1.82, 2.24) is 9.62 Å². The van der Waals surface area contributed by atoms with Crippen molar-refractivity contribution in [1.29, 1.82) is 0 Å². The van der Waals surface area contributed by atoms with Crippen LogP contribution in [0.5, 0.6) is 0 Å². The molecule has 0 radical (unpaired) electrons. The van der Waals surface area contributed by atoms with Gasteiger partial charge in [0.05, 0.1) is 12.7 Å². The van der Waals surface area contributed by atoms with Gasteiger partial charge in [-0.3, -0.25) is 4.90 Å². The van der Waals surface area contributed by atoms with Gasteiger partial charge in [-0.05, 0) is 49.8 Å². The van der Waals surface area contributed by atoms with Crippen molar-refractivity contribution in [3.63, 3.8) is 0 Å². The van der Waals surface area contributed by atoms with Crippen LogP contribution in [0.4, 0.5) is 0 Å². The molecule has 0 amide bonds. The fourth-order valence-corrected chi connectivity index (χ4v) is 7.05. The second kappa shape index (κ2) is 7.83. The van der Waals surface area contributed by atoms with Crippen LogP contribution in [-0.2, 0) is 34.3 Å². The lowest BCUT2D eigenvalue weighted by atomic mass is 10.0. The smallest absolute Gasteiger partial charge is 0.340 e. The van der Waals surface area contributed by atoms with Crippen LogP contribution in [0.3, 0.4) is 0 Å². The van der Waals surface area contributed by atoms with Gasteiger partial charge in [0.2, 0.25) is 0 Å². The molecule has 6 nitrogen and oxygen atoms in total. The number of aryl methyl sites for hydroxylation is 2. The van der Waals surface area contributed by atoms with Gasteiger partial charge in [0.25, 0.3) is 10.0 Å². The summed E-state index contributed by atoms with van der Waals surface area (Å²) in [4.78, 5) is 15.7. The Balaban J connectivity index is 1.63. The van der Waals surface area contributed by atoms with Gasteiger partial charge in [-0.15, -0.1) is 11.3 Å². The quantitative estimate of drug-likeness (QED) is 0.707. The Morgan fingerprint density at radius 2 is 2.07 bits per heavy atom. The molecule has 1 N–H and O–H groups in total. The molecule has 156 valence electrons. The maximum absolute atomic E-state index is 12.9. The van der Waals surface area contributed by atoms with Crippen molar-refractivity contribution in [2.75, 3.05) is 13.7 Å². The largest absolute Gasteiger partial charge is 0.465 e. The maximum atomic E-state index is 12.9. The summed E-state index contributed by atoms with van der Waals surface area (Å²) in [7, 11) is -2.42. The molecule has 1 fully saturated rings. The molecular weight excluding hydrogens is 408 g/mol. The Kier molecular flexibility index (Phi) is 5.54. The maximum Gasteiger partial charge on any atom is 0.340 e. The van der Waals surface area contributed by atoms with Crippen LogP contribution >= 0.6 is 11.3 Å². The number of sulfonamides is 1. The molecular formula is C21H26N2O4S2. The number of nitrogens with zero attached hydrogens (tertiary/aromatic N) is 1. The third-order valence-corrected chi connectivity index (χ3v) is 8.78. The minimum atomic E-state index is -3.72. The highest BCUT2D eigenvalue weighted by Crippen LogP contribution is 2.38. The third kappa shape index (κ3) is 4.26. The summed E-state index contributed by atoms with van der Waals surface area (Å²) in [6.07, 6.45) is 2.34. The van der Waals surface area contributed by atoms with Gasteiger partial charge < -0.3 is 4.74 Å². The molecule has 2 heterocycles. The standard InChI is InChI=1S/C21H26N2O4S2/c1-13-4-5-15(14(2)10-13)11-23-9-8-17-18(12-23)28-21(19(17)20(24)27-3)29(25,26)22-16-6-7-16/h4-5,10,16,22H,6-9,11-12H2,1-3H3. The Bertz CT molecular complexity index is 1050. The molecule has 1 aliphatic carbocycles. The van der Waals surface area contributed by atoms with Gasteiger partial charge in [0, 0.05) is 30.6 Å². The molecule has 0 spiro atoms. The lowest BCUT2D eigenvalue weighted by Crippen LogP contribution is -2.30. The van der Waals surface area contributed by atoms with Crippen molar-refractivity contribution >= 4 is 27.3 Å². The predicted octanol–water partition coefficient (Wildman–Crippen LogP) is 3.15. The average Bonchev–Trinajstić information content (AvgIpc) is 3.38. The monoisotopic (exact) mass is 434 g/mol. The van der Waals surface area contributed by atoms with E-state index in [0.717, 1.165) is 36.4 Å². The van der Waals surface area contributed by atoms with E-state index in [1.54, 1.807) is 0 Å². The number of thiophene rings is 1. The molecule has 1 aliphatic heterocycles. The first-order valence-electron chi connectivity index (χ1n) is 9.82. The van der Waals surface area contributed by atoms with E-state index < -0.39 is 16.0 Å². The van der Waals surface area contributed by atoms with Gasteiger partial charge in [-0.1, -0.05) is 23.8 Å². The van der Waals surface area contributed by atoms with E-state index >= 15 is 0 Å². The lowest BCUT2D eigenvalue weighted by Gasteiger charge is -2.27. The van der Waals surface area contributed by atoms with E-state index in [4.69, 9.17) is 4.74 Å². The van der Waals surface area contributed by atoms with Crippen LogP contribution in [0.2, 0.25) is 0 Å². The van der Waals surface area contributed by atoms with Crippen molar-refractivity contribution in [2.24, 2.45) is 0 Å². The minimum absolute atomic E-state index is 0.00867. The number of rotatable bonds is 6. The fraction of sp³-hybridized carbons (Fsp3) is 0.476. The predicted molar refractivity (Wildman–Crippen MR) is 113 cm³/mol. The number of nitrogens with one attached hydrogen (secondary N) is 1. The number of hydrogen-bond acceptors (Lipinski definition) is 6. The van der Waals surface area contributed by atoms with E-state index in [0.29, 0.717) is 13.0 Å². The molecule has 4 rings (SSSR count). The summed E-state index contributed by atoms with van der Waals surface area (Å²) < 4.78 is 33.5. The normalized spacial score (nSPS) is 17.2. The zero-order valence-corrected chi connectivity index (χ0v) is 18.6. The summed E-state index contributed by atoms with van der Waals surface area (Å²) >= 11 is 1.21. The Labute approximate surface area is 175 Å². The molecule has 2 aromatic rings. The molecule has 0 bridgehead atoms. The average molecular weight is 435 g/mol. The van der Waals surface area contributed by atoms with Crippen LogP contribution in [0, 0.1) is 13.8 Å². The Morgan fingerprint density at radius 3 is 2.72 bits per heavy atom. The molecule has 0 atom stereocenters. The van der Waals surface area contributed by atoms with Crippen molar-refractivity contribution in [3.8, 4) is 0 Å². The SMILES string of the molecule is COC(=O)c1c(S(=O)(=O)NC2CC2)sc2c1CCN(Cc1ccc(C)cc1C)C2. The number of methoxy groups -OCH3 is 1. The number of benzene rings is 1. The Morgan fingerprint density at radius 1 is 1.31 bits per heavy atom. The molecule has 1 saturated carbocycles. The second-order valence-electron chi connectivity index (χ2n) is 7.94. The highest BCUT2D eigenvalue weighted by Gasteiger charge is 2.36. The highest BCUT2D eigenvalue weighted by molar-refractivity contribution is 7.91. The number of carbonyl (C=O) groups excluding carboxylic acids is 1. The van der Waals surface area contributed by atoms with Crippen LogP contribution < -0.4 is 4.72 Å². The fourth-order valence-electron chi connectivity index (χ4n) is 3.80. The van der Waals surface area contributed by atoms with Gasteiger partial charge in [0.1, 0.15) is 4.21 Å². The molecule has 1 aromatic carbocycles. The van der Waals surface area contributed by atoms with Crippen molar-refractivity contribution in [3.05, 3.63) is 50.9 Å². The summed E-state index contributed by atoms with van der Waals surface area (Å²) in [5, 5.41) is 0. The number of ether oxygens (including phenoxy) is 1. The molecule has 2 aliphatic rings. The number of fused-ring (bicyclic) bond motifs is 1. The topological polar surface area (TPSA) is 75.7 Å². The molecule has 0 saturated heterocycles. The first-order chi connectivity index (χ1) is 13.8. The summed E-state index contributed by atoms with van der Waals surface area (Å²) in [6.45, 7) is 6.42. The van der Waals surface area contributed by atoms with Crippen LogP contribution in [0.15, 0.2) is 22.4 Å².